The summed E-state index contributed by atoms with van der Waals surface area (Å²) >= 11 is 0. The second kappa shape index (κ2) is 7.23. The summed E-state index contributed by atoms with van der Waals surface area (Å²) in [5.41, 5.74) is -0.0754. The minimum Gasteiger partial charge on any atom is -0.496 e. The molecule has 2 aromatic carbocycles. The molecule has 0 bridgehead atoms. The molecule has 0 radical (unpaired) electrons. The second-order valence-corrected chi connectivity index (χ2v) is 4.60. The average Bonchev–Trinajstić information content (AvgIpc) is 2.54. The van der Waals surface area contributed by atoms with Crippen molar-refractivity contribution in [2.24, 2.45) is 0 Å². The van der Waals surface area contributed by atoms with Crippen LogP contribution in [0.25, 0.3) is 0 Å². The van der Waals surface area contributed by atoms with Crippen molar-refractivity contribution in [1.29, 1.82) is 0 Å². The minimum absolute atomic E-state index is 0.00578. The molecule has 0 spiro atoms. The van der Waals surface area contributed by atoms with Crippen LogP contribution in [0.2, 0.25) is 0 Å². The third-order valence-corrected chi connectivity index (χ3v) is 2.96. The van der Waals surface area contributed by atoms with Crippen LogP contribution in [0.4, 0.5) is 5.69 Å². The number of methoxy groups -OCH3 is 1. The lowest BCUT2D eigenvalue weighted by Crippen LogP contribution is -2.05. The molecule has 124 valence electrons. The lowest BCUT2D eigenvalue weighted by molar-refractivity contribution is -0.384. The quantitative estimate of drug-likeness (QED) is 0.263. The van der Waals surface area contributed by atoms with Crippen molar-refractivity contribution >= 4 is 17.9 Å². The largest absolute Gasteiger partial charge is 0.496 e. The number of nitro groups is 1. The van der Waals surface area contributed by atoms with Gasteiger partial charge in [-0.25, -0.2) is 0 Å². The zero-order chi connectivity index (χ0) is 17.7. The van der Waals surface area contributed by atoms with Crippen LogP contribution in [0, 0.1) is 10.1 Å². The van der Waals surface area contributed by atoms with Crippen LogP contribution in [0.3, 0.4) is 0 Å². The van der Waals surface area contributed by atoms with Gasteiger partial charge in [0.1, 0.15) is 28.6 Å². The zero-order valence-corrected chi connectivity index (χ0v) is 12.8. The van der Waals surface area contributed by atoms with Crippen molar-refractivity contribution in [3.63, 3.8) is 0 Å². The normalized spacial score (nSPS) is 9.92. The fraction of sp³-hybridized carbons (Fsp3) is 0.125. The van der Waals surface area contributed by atoms with Gasteiger partial charge in [0.05, 0.1) is 12.0 Å². The Hall–Kier alpha value is -3.42. The molecule has 0 atom stereocenters. The van der Waals surface area contributed by atoms with Crippen LogP contribution in [-0.2, 0) is 4.79 Å². The van der Waals surface area contributed by atoms with Crippen LogP contribution >= 0.6 is 0 Å². The molecule has 0 unspecified atom stereocenters. The van der Waals surface area contributed by atoms with E-state index in [9.17, 15) is 19.7 Å². The van der Waals surface area contributed by atoms with Gasteiger partial charge in [-0.2, -0.15) is 0 Å². The van der Waals surface area contributed by atoms with Crippen molar-refractivity contribution in [2.45, 2.75) is 6.92 Å². The van der Waals surface area contributed by atoms with Crippen molar-refractivity contribution < 1.29 is 28.7 Å². The number of nitrogens with zero attached hydrogens (tertiary/aromatic N) is 1. The highest BCUT2D eigenvalue weighted by atomic mass is 16.6. The van der Waals surface area contributed by atoms with Crippen molar-refractivity contribution in [2.75, 3.05) is 7.11 Å². The summed E-state index contributed by atoms with van der Waals surface area (Å²) in [6.45, 7) is 1.20. The third kappa shape index (κ3) is 3.86. The molecule has 0 fully saturated rings. The molecule has 0 amide bonds. The first-order chi connectivity index (χ1) is 11.4. The summed E-state index contributed by atoms with van der Waals surface area (Å²) < 4.78 is 15.7. The van der Waals surface area contributed by atoms with Crippen molar-refractivity contribution in [1.82, 2.24) is 0 Å². The van der Waals surface area contributed by atoms with Gasteiger partial charge < -0.3 is 14.2 Å². The van der Waals surface area contributed by atoms with E-state index in [4.69, 9.17) is 14.2 Å². The molecule has 0 aliphatic heterocycles. The Balaban J connectivity index is 2.42. The molecule has 8 nitrogen and oxygen atoms in total. The Labute approximate surface area is 136 Å². The molecule has 0 aliphatic carbocycles. The van der Waals surface area contributed by atoms with Crippen LogP contribution in [0.1, 0.15) is 17.3 Å². The van der Waals surface area contributed by atoms with Crippen molar-refractivity contribution in [3.8, 4) is 23.0 Å². The van der Waals surface area contributed by atoms with Gasteiger partial charge in [0.2, 0.25) is 0 Å². The Morgan fingerprint density at radius 2 is 1.75 bits per heavy atom. The van der Waals surface area contributed by atoms with E-state index in [-0.39, 0.29) is 28.5 Å². The molecule has 8 heteroatoms. The molecule has 0 heterocycles. The van der Waals surface area contributed by atoms with Crippen LogP contribution in [0.15, 0.2) is 36.4 Å². The number of hydrogen-bond donors (Lipinski definition) is 0. The Morgan fingerprint density at radius 1 is 1.12 bits per heavy atom. The Morgan fingerprint density at radius 3 is 2.25 bits per heavy atom. The first kappa shape index (κ1) is 16.9. The number of non-ortho nitro benzene ring substituents is 1. The average molecular weight is 331 g/mol. The number of esters is 1. The summed E-state index contributed by atoms with van der Waals surface area (Å²) in [4.78, 5) is 32.6. The molecular formula is C16H13NO7. The highest BCUT2D eigenvalue weighted by molar-refractivity contribution is 5.86. The number of ether oxygens (including phenoxy) is 3. The van der Waals surface area contributed by atoms with E-state index in [1.807, 2.05) is 0 Å². The number of benzene rings is 2. The molecule has 24 heavy (non-hydrogen) atoms. The molecule has 0 N–H and O–H groups in total. The second-order valence-electron chi connectivity index (χ2n) is 4.60. The summed E-state index contributed by atoms with van der Waals surface area (Å²) in [5, 5.41) is 10.7. The van der Waals surface area contributed by atoms with E-state index in [0.29, 0.717) is 12.0 Å². The van der Waals surface area contributed by atoms with Crippen LogP contribution < -0.4 is 14.2 Å². The highest BCUT2D eigenvalue weighted by Crippen LogP contribution is 2.36. The Bertz CT molecular complexity index is 784. The van der Waals surface area contributed by atoms with Gasteiger partial charge in [0, 0.05) is 31.2 Å². The topological polar surface area (TPSA) is 105 Å². The molecule has 2 rings (SSSR count). The standard InChI is InChI=1S/C16H13NO7/c1-10(19)23-15-7-13(22-2)8-16(14(15)9-18)24-12-5-3-11(4-6-12)17(20)21/h3-9H,1-2H3. The third-order valence-electron chi connectivity index (χ3n) is 2.96. The summed E-state index contributed by atoms with van der Waals surface area (Å²) in [6.07, 6.45) is 0.485. The smallest absolute Gasteiger partial charge is 0.308 e. The van der Waals surface area contributed by atoms with Gasteiger partial charge in [-0.1, -0.05) is 0 Å². The van der Waals surface area contributed by atoms with Gasteiger partial charge >= 0.3 is 5.97 Å². The lowest BCUT2D eigenvalue weighted by Gasteiger charge is -2.13. The monoisotopic (exact) mass is 331 g/mol. The SMILES string of the molecule is COc1cc(OC(C)=O)c(C=O)c(Oc2ccc([N+](=O)[O-])cc2)c1. The van der Waals surface area contributed by atoms with E-state index in [2.05, 4.69) is 0 Å². The number of nitro benzene ring substituents is 1. The maximum absolute atomic E-state index is 11.4. The predicted molar refractivity (Wildman–Crippen MR) is 82.9 cm³/mol. The fourth-order valence-corrected chi connectivity index (χ4v) is 1.90. The van der Waals surface area contributed by atoms with Crippen LogP contribution in [0.5, 0.6) is 23.0 Å². The minimum atomic E-state index is -0.604. The summed E-state index contributed by atoms with van der Waals surface area (Å²) in [6, 6.07) is 8.13. The molecule has 0 saturated carbocycles. The number of aldehydes is 1. The number of carbonyl (C=O) groups excluding carboxylic acids is 2. The van der Waals surface area contributed by atoms with E-state index >= 15 is 0 Å². The molecule has 2 aromatic rings. The predicted octanol–water partition coefficient (Wildman–Crippen LogP) is 3.13. The molecular weight excluding hydrogens is 318 g/mol. The van der Waals surface area contributed by atoms with Gasteiger partial charge in [0.25, 0.3) is 5.69 Å². The van der Waals surface area contributed by atoms with Gasteiger partial charge in [0.15, 0.2) is 6.29 Å². The fourth-order valence-electron chi connectivity index (χ4n) is 1.90. The maximum Gasteiger partial charge on any atom is 0.308 e. The van der Waals surface area contributed by atoms with Gasteiger partial charge in [-0.05, 0) is 12.1 Å². The molecule has 0 aromatic heterocycles. The van der Waals surface area contributed by atoms with E-state index in [0.717, 1.165) is 0 Å². The molecule has 0 aliphatic rings. The summed E-state index contributed by atoms with van der Waals surface area (Å²) in [5.74, 6) is 0.0651. The first-order valence-electron chi connectivity index (χ1n) is 6.72. The Kier molecular flexibility index (Phi) is 5.10. The van der Waals surface area contributed by atoms with Gasteiger partial charge in [-0.3, -0.25) is 19.7 Å². The summed E-state index contributed by atoms with van der Waals surface area (Å²) in [7, 11) is 1.41. The number of hydrogen-bond acceptors (Lipinski definition) is 7. The maximum atomic E-state index is 11.4. The number of carbonyl (C=O) groups is 2. The van der Waals surface area contributed by atoms with E-state index in [1.54, 1.807) is 0 Å². The first-order valence-corrected chi connectivity index (χ1v) is 6.72. The lowest BCUT2D eigenvalue weighted by atomic mass is 10.2. The van der Waals surface area contributed by atoms with Crippen molar-refractivity contribution in [3.05, 3.63) is 52.1 Å². The van der Waals surface area contributed by atoms with Gasteiger partial charge in [-0.15, -0.1) is 0 Å². The zero-order valence-electron chi connectivity index (χ0n) is 12.8. The molecule has 0 saturated heterocycles. The highest BCUT2D eigenvalue weighted by Gasteiger charge is 2.16. The van der Waals surface area contributed by atoms with E-state index < -0.39 is 10.9 Å². The van der Waals surface area contributed by atoms with E-state index in [1.165, 1.54) is 50.4 Å². The number of rotatable bonds is 6. The van der Waals surface area contributed by atoms with Crippen LogP contribution in [-0.4, -0.2) is 24.3 Å².